The second kappa shape index (κ2) is 10.3. The van der Waals surface area contributed by atoms with Crippen molar-refractivity contribution in [1.82, 2.24) is 9.97 Å². The summed E-state index contributed by atoms with van der Waals surface area (Å²) in [6, 6.07) is 15.8. The summed E-state index contributed by atoms with van der Waals surface area (Å²) in [5, 5.41) is 12.5. The van der Waals surface area contributed by atoms with Crippen LogP contribution in [-0.2, 0) is 6.54 Å². The van der Waals surface area contributed by atoms with E-state index in [1.165, 1.54) is 22.3 Å². The smallest absolute Gasteiger partial charge is 0.293 e. The topological polar surface area (TPSA) is 102 Å². The molecule has 2 aromatic carbocycles. The van der Waals surface area contributed by atoms with Crippen molar-refractivity contribution in [2.45, 2.75) is 25.8 Å². The zero-order valence-electron chi connectivity index (χ0n) is 19.8. The number of amides is 1. The Bertz CT molecular complexity index is 1400. The fourth-order valence-electron chi connectivity index (χ4n) is 4.38. The van der Waals surface area contributed by atoms with Gasteiger partial charge < -0.3 is 9.64 Å². The first-order valence-electron chi connectivity index (χ1n) is 11.7. The Balaban J connectivity index is 1.54. The molecule has 0 atom stereocenters. The molecule has 0 bridgehead atoms. The number of piperidine rings is 1. The van der Waals surface area contributed by atoms with Crippen LogP contribution in [-0.4, -0.2) is 41.0 Å². The number of nitro benzene ring substituents is 1. The van der Waals surface area contributed by atoms with Crippen LogP contribution in [0.2, 0.25) is 0 Å². The van der Waals surface area contributed by atoms with Crippen molar-refractivity contribution in [2.75, 3.05) is 30.0 Å². The summed E-state index contributed by atoms with van der Waals surface area (Å²) in [7, 11) is 1.60. The molecule has 36 heavy (non-hydrogen) atoms. The number of anilines is 2. The standard InChI is InChI=1S/C26H25N5O4S/c1-35-20-9-10-21-24(16-20)36-26(28-21)30(17-19-7-3-4-12-27-19)25(32)18-8-11-22(23(15-18)31(33)34)29-13-5-2-6-14-29/h3-4,7-12,15-16H,2,5-6,13-14,17H2,1H3. The van der Waals surface area contributed by atoms with Gasteiger partial charge in [0.25, 0.3) is 11.6 Å². The Morgan fingerprint density at radius 2 is 1.97 bits per heavy atom. The number of ether oxygens (including phenoxy) is 1. The van der Waals surface area contributed by atoms with Gasteiger partial charge in [-0.2, -0.15) is 0 Å². The fraction of sp³-hybridized carbons (Fsp3) is 0.269. The van der Waals surface area contributed by atoms with Crippen LogP contribution >= 0.6 is 11.3 Å². The van der Waals surface area contributed by atoms with E-state index in [0.29, 0.717) is 22.3 Å². The molecule has 4 aromatic rings. The number of rotatable bonds is 7. The van der Waals surface area contributed by atoms with Crippen molar-refractivity contribution >= 4 is 44.0 Å². The highest BCUT2D eigenvalue weighted by molar-refractivity contribution is 7.22. The molecule has 184 valence electrons. The molecule has 1 saturated heterocycles. The number of thiazole rings is 1. The van der Waals surface area contributed by atoms with Crippen molar-refractivity contribution in [1.29, 1.82) is 0 Å². The number of methoxy groups -OCH3 is 1. The van der Waals surface area contributed by atoms with Gasteiger partial charge >= 0.3 is 0 Å². The lowest BCUT2D eigenvalue weighted by Crippen LogP contribution is -2.32. The van der Waals surface area contributed by atoms with Crippen molar-refractivity contribution in [3.8, 4) is 5.75 Å². The Kier molecular flexibility index (Phi) is 6.77. The largest absolute Gasteiger partial charge is 0.497 e. The SMILES string of the molecule is COc1ccc2nc(N(Cc3ccccn3)C(=O)c3ccc(N4CCCCC4)c([N+](=O)[O-])c3)sc2c1. The van der Waals surface area contributed by atoms with E-state index in [1.807, 2.05) is 41.3 Å². The van der Waals surface area contributed by atoms with Crippen molar-refractivity contribution in [2.24, 2.45) is 0 Å². The molecule has 10 heteroatoms. The third-order valence-electron chi connectivity index (χ3n) is 6.22. The molecule has 1 aliphatic heterocycles. The predicted octanol–water partition coefficient (Wildman–Crippen LogP) is 5.45. The first kappa shape index (κ1) is 23.7. The Labute approximate surface area is 212 Å². The molecule has 0 aliphatic carbocycles. The molecule has 0 N–H and O–H groups in total. The summed E-state index contributed by atoms with van der Waals surface area (Å²) in [6.07, 6.45) is 4.78. The van der Waals surface area contributed by atoms with Crippen LogP contribution in [0.3, 0.4) is 0 Å². The summed E-state index contributed by atoms with van der Waals surface area (Å²) in [5.74, 6) is 0.323. The Morgan fingerprint density at radius 1 is 1.14 bits per heavy atom. The molecule has 0 spiro atoms. The molecule has 1 amide bonds. The number of aromatic nitrogens is 2. The van der Waals surface area contributed by atoms with Crippen LogP contribution in [0.5, 0.6) is 5.75 Å². The number of fused-ring (bicyclic) bond motifs is 1. The van der Waals surface area contributed by atoms with Crippen LogP contribution < -0.4 is 14.5 Å². The minimum atomic E-state index is -0.409. The lowest BCUT2D eigenvalue weighted by atomic mass is 10.1. The lowest BCUT2D eigenvalue weighted by Gasteiger charge is -2.28. The lowest BCUT2D eigenvalue weighted by molar-refractivity contribution is -0.384. The van der Waals surface area contributed by atoms with Gasteiger partial charge in [-0.05, 0) is 61.7 Å². The van der Waals surface area contributed by atoms with Crippen LogP contribution in [0.4, 0.5) is 16.5 Å². The van der Waals surface area contributed by atoms with Gasteiger partial charge in [-0.1, -0.05) is 17.4 Å². The Hall–Kier alpha value is -4.05. The number of nitrogens with zero attached hydrogens (tertiary/aromatic N) is 5. The zero-order chi connectivity index (χ0) is 25.1. The molecule has 9 nitrogen and oxygen atoms in total. The van der Waals surface area contributed by atoms with Crippen LogP contribution in [0.1, 0.15) is 35.3 Å². The second-order valence-corrected chi connectivity index (χ2v) is 9.56. The first-order valence-corrected chi connectivity index (χ1v) is 12.5. The Morgan fingerprint density at radius 3 is 2.69 bits per heavy atom. The highest BCUT2D eigenvalue weighted by Crippen LogP contribution is 2.35. The number of nitro groups is 1. The zero-order valence-corrected chi connectivity index (χ0v) is 20.6. The van der Waals surface area contributed by atoms with Gasteiger partial charge in [-0.25, -0.2) is 4.98 Å². The highest BCUT2D eigenvalue weighted by Gasteiger charge is 2.27. The summed E-state index contributed by atoms with van der Waals surface area (Å²) in [4.78, 5) is 38.0. The molecule has 2 aromatic heterocycles. The minimum Gasteiger partial charge on any atom is -0.497 e. The van der Waals surface area contributed by atoms with Gasteiger partial charge in [0.05, 0.1) is 34.5 Å². The average molecular weight is 504 g/mol. The van der Waals surface area contributed by atoms with E-state index in [0.717, 1.165) is 42.6 Å². The van der Waals surface area contributed by atoms with Crippen LogP contribution in [0.15, 0.2) is 60.8 Å². The quantitative estimate of drug-likeness (QED) is 0.244. The van der Waals surface area contributed by atoms with E-state index in [1.54, 1.807) is 25.4 Å². The maximum absolute atomic E-state index is 13.8. The van der Waals surface area contributed by atoms with Gasteiger partial charge in [-0.3, -0.25) is 24.8 Å². The number of pyridine rings is 1. The minimum absolute atomic E-state index is 0.0606. The third kappa shape index (κ3) is 4.85. The normalized spacial score (nSPS) is 13.5. The maximum Gasteiger partial charge on any atom is 0.293 e. The molecule has 1 aliphatic rings. The van der Waals surface area contributed by atoms with Crippen LogP contribution in [0.25, 0.3) is 10.2 Å². The van der Waals surface area contributed by atoms with E-state index < -0.39 is 4.92 Å². The molecule has 0 saturated carbocycles. The average Bonchev–Trinajstić information content (AvgIpc) is 3.35. The van der Waals surface area contributed by atoms with Gasteiger partial charge in [-0.15, -0.1) is 0 Å². The van der Waals surface area contributed by atoms with E-state index in [-0.39, 0.29) is 23.7 Å². The van der Waals surface area contributed by atoms with Crippen LogP contribution in [0, 0.1) is 10.1 Å². The number of carbonyl (C=O) groups is 1. The first-order chi connectivity index (χ1) is 17.5. The summed E-state index contributed by atoms with van der Waals surface area (Å²) >= 11 is 1.36. The molecule has 0 unspecified atom stereocenters. The third-order valence-corrected chi connectivity index (χ3v) is 7.26. The van der Waals surface area contributed by atoms with Gasteiger partial charge in [0.2, 0.25) is 0 Å². The number of hydrogen-bond donors (Lipinski definition) is 0. The number of carbonyl (C=O) groups excluding carboxylic acids is 1. The molecular formula is C26H25N5O4S. The summed E-state index contributed by atoms with van der Waals surface area (Å²) in [5.41, 5.74) is 2.15. The van der Waals surface area contributed by atoms with E-state index in [2.05, 4.69) is 9.97 Å². The fourth-order valence-corrected chi connectivity index (χ4v) is 5.37. The predicted molar refractivity (Wildman–Crippen MR) is 140 cm³/mol. The molecule has 1 fully saturated rings. The molecule has 0 radical (unpaired) electrons. The molecule has 5 rings (SSSR count). The van der Waals surface area contributed by atoms with Crippen molar-refractivity contribution in [3.63, 3.8) is 0 Å². The van der Waals surface area contributed by atoms with Gasteiger partial charge in [0.1, 0.15) is 11.4 Å². The molecule has 3 heterocycles. The molecular weight excluding hydrogens is 478 g/mol. The van der Waals surface area contributed by atoms with Gasteiger partial charge in [0, 0.05) is 30.9 Å². The van der Waals surface area contributed by atoms with Gasteiger partial charge in [0.15, 0.2) is 5.13 Å². The summed E-state index contributed by atoms with van der Waals surface area (Å²) in [6.45, 7) is 1.72. The number of hydrogen-bond acceptors (Lipinski definition) is 8. The second-order valence-electron chi connectivity index (χ2n) is 8.55. The van der Waals surface area contributed by atoms with E-state index >= 15 is 0 Å². The highest BCUT2D eigenvalue weighted by atomic mass is 32.1. The number of benzene rings is 2. The van der Waals surface area contributed by atoms with E-state index in [4.69, 9.17) is 4.74 Å². The van der Waals surface area contributed by atoms with Crippen molar-refractivity contribution in [3.05, 3.63) is 82.2 Å². The summed E-state index contributed by atoms with van der Waals surface area (Å²) < 4.78 is 6.19. The monoisotopic (exact) mass is 503 g/mol. The maximum atomic E-state index is 13.8. The van der Waals surface area contributed by atoms with Crippen molar-refractivity contribution < 1.29 is 14.5 Å². The van der Waals surface area contributed by atoms with E-state index in [9.17, 15) is 14.9 Å².